The number of para-hydroxylation sites is 1. The van der Waals surface area contributed by atoms with Crippen LogP contribution in [-0.4, -0.2) is 35.9 Å². The number of hydrogen-bond acceptors (Lipinski definition) is 4. The molecule has 1 N–H and O–H groups in total. The summed E-state index contributed by atoms with van der Waals surface area (Å²) in [5.41, 5.74) is 2.68. The third-order valence-electron chi connectivity index (χ3n) is 8.43. The van der Waals surface area contributed by atoms with E-state index >= 15 is 0 Å². The van der Waals surface area contributed by atoms with Crippen molar-refractivity contribution in [2.45, 2.75) is 89.4 Å². The second-order valence-corrected chi connectivity index (χ2v) is 16.5. The van der Waals surface area contributed by atoms with Gasteiger partial charge in [-0.25, -0.2) is 4.79 Å². The first-order valence-corrected chi connectivity index (χ1v) is 15.5. The van der Waals surface area contributed by atoms with E-state index < -0.39 is 20.3 Å². The van der Waals surface area contributed by atoms with Gasteiger partial charge in [0.15, 0.2) is 8.32 Å². The Kier molecular flexibility index (Phi) is 6.68. The van der Waals surface area contributed by atoms with Gasteiger partial charge in [-0.15, -0.1) is 0 Å². The van der Waals surface area contributed by atoms with Crippen molar-refractivity contribution in [3.8, 4) is 0 Å². The van der Waals surface area contributed by atoms with Crippen LogP contribution in [0.15, 0.2) is 23.0 Å². The van der Waals surface area contributed by atoms with Gasteiger partial charge < -0.3 is 4.43 Å². The standard InChI is InChI=1S/C26H39N3O4Si/c1-26(2,3)34(5,6)33-16-17-10-12-18(13-11-17)19-8-7-9-20-23(19)28(4)25(32)29(20)21-14-15-22(30)27-24(21)31/h7-9,17-18,21H,10-16H2,1-6H3,(H,27,30,31)/t17-,18+,21?. The average molecular weight is 486 g/mol. The molecule has 2 amide bonds. The minimum Gasteiger partial charge on any atom is -0.417 e. The number of hydrogen-bond donors (Lipinski definition) is 1. The molecule has 0 spiro atoms. The highest BCUT2D eigenvalue weighted by Gasteiger charge is 2.38. The van der Waals surface area contributed by atoms with E-state index in [1.54, 1.807) is 16.2 Å². The first kappa shape index (κ1) is 24.9. The number of imidazole rings is 1. The molecule has 1 atom stereocenters. The van der Waals surface area contributed by atoms with Gasteiger partial charge in [-0.2, -0.15) is 0 Å². The molecule has 1 saturated heterocycles. The van der Waals surface area contributed by atoms with Crippen LogP contribution in [0.3, 0.4) is 0 Å². The number of rotatable bonds is 5. The fourth-order valence-electron chi connectivity index (χ4n) is 5.21. The van der Waals surface area contributed by atoms with E-state index in [-0.39, 0.29) is 23.1 Å². The molecule has 1 aromatic heterocycles. The van der Waals surface area contributed by atoms with Crippen LogP contribution in [0.1, 0.15) is 76.8 Å². The minimum absolute atomic E-state index is 0.201. The van der Waals surface area contributed by atoms with Gasteiger partial charge in [-0.3, -0.25) is 24.0 Å². The van der Waals surface area contributed by atoms with Gasteiger partial charge in [-0.05, 0) is 73.7 Å². The molecule has 1 saturated carbocycles. The van der Waals surface area contributed by atoms with E-state index in [4.69, 9.17) is 4.43 Å². The molecule has 0 bridgehead atoms. The van der Waals surface area contributed by atoms with Crippen molar-refractivity contribution in [2.75, 3.05) is 6.61 Å². The van der Waals surface area contributed by atoms with E-state index in [0.717, 1.165) is 43.3 Å². The number of fused-ring (bicyclic) bond motifs is 1. The van der Waals surface area contributed by atoms with Gasteiger partial charge in [0.05, 0.1) is 11.0 Å². The van der Waals surface area contributed by atoms with E-state index in [9.17, 15) is 14.4 Å². The summed E-state index contributed by atoms with van der Waals surface area (Å²) < 4.78 is 9.76. The SMILES string of the molecule is Cn1c(=O)n(C2CCC(=O)NC2=O)c2cccc([C@H]3CC[C@@H](CO[Si](C)(C)C(C)(C)C)CC3)c21. The fraction of sp³-hybridized carbons (Fsp3) is 0.654. The zero-order valence-corrected chi connectivity index (χ0v) is 22.4. The Labute approximate surface area is 203 Å². The Morgan fingerprint density at radius 3 is 2.35 bits per heavy atom. The highest BCUT2D eigenvalue weighted by Crippen LogP contribution is 2.41. The molecule has 0 radical (unpaired) electrons. The number of aromatic nitrogens is 2. The summed E-state index contributed by atoms with van der Waals surface area (Å²) in [5.74, 6) is 0.306. The summed E-state index contributed by atoms with van der Waals surface area (Å²) in [6, 6.07) is 5.40. The number of nitrogens with zero attached hydrogens (tertiary/aromatic N) is 2. The summed E-state index contributed by atoms with van der Waals surface area (Å²) in [7, 11) is 0.0487. The largest absolute Gasteiger partial charge is 0.417 e. The predicted molar refractivity (Wildman–Crippen MR) is 136 cm³/mol. The summed E-state index contributed by atoms with van der Waals surface area (Å²) in [6.07, 6.45) is 4.99. The fourth-order valence-corrected chi connectivity index (χ4v) is 6.30. The van der Waals surface area contributed by atoms with Crippen LogP contribution >= 0.6 is 0 Å². The number of amides is 2. The lowest BCUT2D eigenvalue weighted by Gasteiger charge is -2.38. The van der Waals surface area contributed by atoms with Gasteiger partial charge in [-0.1, -0.05) is 32.9 Å². The molecule has 2 heterocycles. The molecule has 1 aliphatic carbocycles. The van der Waals surface area contributed by atoms with Crippen molar-refractivity contribution in [2.24, 2.45) is 13.0 Å². The number of carbonyl (C=O) groups excluding carboxylic acids is 2. The highest BCUT2D eigenvalue weighted by atomic mass is 28.4. The smallest absolute Gasteiger partial charge is 0.329 e. The van der Waals surface area contributed by atoms with Crippen molar-refractivity contribution in [3.63, 3.8) is 0 Å². The lowest BCUT2D eigenvalue weighted by atomic mass is 9.78. The van der Waals surface area contributed by atoms with Crippen LogP contribution in [0.25, 0.3) is 11.0 Å². The zero-order valence-electron chi connectivity index (χ0n) is 21.4. The summed E-state index contributed by atoms with van der Waals surface area (Å²) in [6.45, 7) is 12.3. The van der Waals surface area contributed by atoms with Crippen LogP contribution in [0.5, 0.6) is 0 Å². The third kappa shape index (κ3) is 4.54. The van der Waals surface area contributed by atoms with E-state index in [1.807, 2.05) is 12.1 Å². The topological polar surface area (TPSA) is 82.3 Å². The lowest BCUT2D eigenvalue weighted by Crippen LogP contribution is -2.44. The quantitative estimate of drug-likeness (QED) is 0.495. The maximum Gasteiger partial charge on any atom is 0.329 e. The van der Waals surface area contributed by atoms with Crippen molar-refractivity contribution < 1.29 is 14.0 Å². The van der Waals surface area contributed by atoms with E-state index in [2.05, 4.69) is 45.2 Å². The average Bonchev–Trinajstić information content (AvgIpc) is 3.02. The number of imide groups is 1. The van der Waals surface area contributed by atoms with E-state index in [0.29, 0.717) is 18.3 Å². The normalized spacial score (nSPS) is 24.5. The molecule has 2 fully saturated rings. The van der Waals surface area contributed by atoms with Crippen molar-refractivity contribution in [3.05, 3.63) is 34.2 Å². The molecular weight excluding hydrogens is 446 g/mol. The molecule has 1 aromatic carbocycles. The maximum absolute atomic E-state index is 13.2. The Morgan fingerprint density at radius 2 is 1.74 bits per heavy atom. The van der Waals surface area contributed by atoms with Crippen molar-refractivity contribution in [1.82, 2.24) is 14.5 Å². The Bertz CT molecular complexity index is 1150. The molecule has 34 heavy (non-hydrogen) atoms. The lowest BCUT2D eigenvalue weighted by molar-refractivity contribution is -0.135. The van der Waals surface area contributed by atoms with Crippen LogP contribution in [-0.2, 0) is 21.1 Å². The van der Waals surface area contributed by atoms with E-state index in [1.165, 1.54) is 5.56 Å². The van der Waals surface area contributed by atoms with Crippen LogP contribution < -0.4 is 11.0 Å². The molecule has 1 aliphatic heterocycles. The maximum atomic E-state index is 13.2. The summed E-state index contributed by atoms with van der Waals surface area (Å²) >= 11 is 0. The summed E-state index contributed by atoms with van der Waals surface area (Å²) in [5, 5.41) is 2.61. The molecule has 186 valence electrons. The number of aryl methyl sites for hydroxylation is 1. The Hall–Kier alpha value is -2.19. The monoisotopic (exact) mass is 485 g/mol. The second-order valence-electron chi connectivity index (χ2n) is 11.7. The van der Waals surface area contributed by atoms with Crippen LogP contribution in [0.4, 0.5) is 0 Å². The van der Waals surface area contributed by atoms with Crippen molar-refractivity contribution >= 4 is 31.2 Å². The number of carbonyl (C=O) groups is 2. The van der Waals surface area contributed by atoms with Crippen LogP contribution in [0, 0.1) is 5.92 Å². The number of nitrogens with one attached hydrogen (secondary N) is 1. The predicted octanol–water partition coefficient (Wildman–Crippen LogP) is 4.61. The van der Waals surface area contributed by atoms with Gasteiger partial charge >= 0.3 is 5.69 Å². The molecule has 7 nitrogen and oxygen atoms in total. The first-order chi connectivity index (χ1) is 15.9. The van der Waals surface area contributed by atoms with Gasteiger partial charge in [0.2, 0.25) is 11.8 Å². The third-order valence-corrected chi connectivity index (χ3v) is 12.9. The molecule has 8 heteroatoms. The molecular formula is C26H39N3O4Si. The number of piperidine rings is 1. The van der Waals surface area contributed by atoms with Gasteiger partial charge in [0, 0.05) is 20.1 Å². The van der Waals surface area contributed by atoms with Crippen molar-refractivity contribution in [1.29, 1.82) is 0 Å². The second kappa shape index (κ2) is 9.11. The van der Waals surface area contributed by atoms with Gasteiger partial charge in [0.25, 0.3) is 0 Å². The molecule has 2 aromatic rings. The van der Waals surface area contributed by atoms with Gasteiger partial charge in [0.1, 0.15) is 6.04 Å². The minimum atomic E-state index is -1.74. The number of benzene rings is 1. The molecule has 2 aliphatic rings. The zero-order chi connectivity index (χ0) is 24.8. The molecule has 4 rings (SSSR count). The first-order valence-electron chi connectivity index (χ1n) is 12.6. The Balaban J connectivity index is 1.54. The Morgan fingerprint density at radius 1 is 1.06 bits per heavy atom. The van der Waals surface area contributed by atoms with Crippen LogP contribution in [0.2, 0.25) is 18.1 Å². The summed E-state index contributed by atoms with van der Waals surface area (Å²) in [4.78, 5) is 37.3. The highest BCUT2D eigenvalue weighted by molar-refractivity contribution is 6.74. The molecule has 1 unspecified atom stereocenters.